The molecule has 6 nitrogen and oxygen atoms in total. The van der Waals surface area contributed by atoms with Crippen LogP contribution in [0.1, 0.15) is 5.56 Å². The zero-order chi connectivity index (χ0) is 20.3. The molecule has 1 aromatic heterocycles. The molecule has 0 aliphatic carbocycles. The van der Waals surface area contributed by atoms with Crippen LogP contribution in [0.25, 0.3) is 11.3 Å². The molecule has 11 heteroatoms. The second-order valence-electron chi connectivity index (χ2n) is 5.39. The summed E-state index contributed by atoms with van der Waals surface area (Å²) in [4.78, 5) is 4.06. The van der Waals surface area contributed by atoms with Crippen molar-refractivity contribution in [2.24, 2.45) is 0 Å². The first kappa shape index (κ1) is 20.3. The third-order valence-corrected chi connectivity index (χ3v) is 4.59. The molecule has 2 aromatic carbocycles. The number of benzene rings is 2. The summed E-state index contributed by atoms with van der Waals surface area (Å²) in [5.41, 5.74) is 1.74. The summed E-state index contributed by atoms with van der Waals surface area (Å²) >= 11 is 6.47. The maximum Gasteiger partial charge on any atom is 0.573 e. The van der Waals surface area contributed by atoms with Crippen molar-refractivity contribution >= 4 is 31.9 Å². The molecule has 0 saturated heterocycles. The lowest BCUT2D eigenvalue weighted by Crippen LogP contribution is -2.17. The summed E-state index contributed by atoms with van der Waals surface area (Å²) in [5.74, 6) is -0.249. The van der Waals surface area contributed by atoms with E-state index in [2.05, 4.69) is 51.8 Å². The fourth-order valence-electron chi connectivity index (χ4n) is 2.11. The van der Waals surface area contributed by atoms with Crippen molar-refractivity contribution in [2.75, 3.05) is 0 Å². The number of phenols is 1. The number of phenolic OH excluding ortho intramolecular Hbond substituents is 1. The van der Waals surface area contributed by atoms with Gasteiger partial charge in [0.2, 0.25) is 0 Å². The third-order valence-electron chi connectivity index (χ3n) is 3.38. The van der Waals surface area contributed by atoms with Crippen molar-refractivity contribution in [3.63, 3.8) is 0 Å². The van der Waals surface area contributed by atoms with Crippen molar-refractivity contribution in [3.05, 3.63) is 57.1 Å². The molecule has 1 heterocycles. The third kappa shape index (κ3) is 5.32. The van der Waals surface area contributed by atoms with E-state index in [1.807, 2.05) is 0 Å². The van der Waals surface area contributed by atoms with Crippen LogP contribution in [-0.2, 0) is 6.61 Å². The highest BCUT2D eigenvalue weighted by molar-refractivity contribution is 9.11. The van der Waals surface area contributed by atoms with E-state index >= 15 is 0 Å². The Hall–Kier alpha value is -2.40. The van der Waals surface area contributed by atoms with Crippen LogP contribution in [0, 0.1) is 0 Å². The van der Waals surface area contributed by atoms with E-state index in [-0.39, 0.29) is 24.1 Å². The van der Waals surface area contributed by atoms with Gasteiger partial charge < -0.3 is 14.6 Å². The van der Waals surface area contributed by atoms with Gasteiger partial charge >= 0.3 is 12.4 Å². The van der Waals surface area contributed by atoms with E-state index in [0.29, 0.717) is 25.8 Å². The van der Waals surface area contributed by atoms with Crippen molar-refractivity contribution in [1.82, 2.24) is 15.2 Å². The number of nitrogens with zero attached hydrogens (tertiary/aromatic N) is 3. The Bertz CT molecular complexity index is 945. The van der Waals surface area contributed by atoms with Crippen molar-refractivity contribution in [3.8, 4) is 28.8 Å². The SMILES string of the molecule is Oc1c(Br)cc(-c2cnc(OCc3ccc(OC(F)(F)F)cc3)nn2)cc1Br. The molecule has 0 bridgehead atoms. The summed E-state index contributed by atoms with van der Waals surface area (Å²) < 4.78 is 46.6. The van der Waals surface area contributed by atoms with E-state index in [1.54, 1.807) is 12.1 Å². The monoisotopic (exact) mass is 519 g/mol. The second-order valence-corrected chi connectivity index (χ2v) is 7.10. The highest BCUT2D eigenvalue weighted by atomic mass is 79.9. The van der Waals surface area contributed by atoms with Crippen LogP contribution in [0.4, 0.5) is 13.2 Å². The quantitative estimate of drug-likeness (QED) is 0.495. The molecule has 146 valence electrons. The van der Waals surface area contributed by atoms with Crippen LogP contribution in [0.3, 0.4) is 0 Å². The molecule has 3 rings (SSSR count). The molecule has 0 aliphatic rings. The molecule has 0 aliphatic heterocycles. The second kappa shape index (κ2) is 8.31. The molecule has 0 unspecified atom stereocenters. The fourth-order valence-corrected chi connectivity index (χ4v) is 3.30. The number of aromatic nitrogens is 3. The highest BCUT2D eigenvalue weighted by Crippen LogP contribution is 2.36. The number of ether oxygens (including phenoxy) is 2. The number of halogens is 5. The largest absolute Gasteiger partial charge is 0.573 e. The van der Waals surface area contributed by atoms with Gasteiger partial charge in [0.1, 0.15) is 23.8 Å². The Labute approximate surface area is 173 Å². The number of hydrogen-bond acceptors (Lipinski definition) is 6. The molecule has 0 atom stereocenters. The van der Waals surface area contributed by atoms with E-state index in [9.17, 15) is 18.3 Å². The lowest BCUT2D eigenvalue weighted by atomic mass is 10.1. The topological polar surface area (TPSA) is 77.4 Å². The lowest BCUT2D eigenvalue weighted by molar-refractivity contribution is -0.274. The van der Waals surface area contributed by atoms with Crippen molar-refractivity contribution in [2.45, 2.75) is 13.0 Å². The molecule has 1 N–H and O–H groups in total. The zero-order valence-corrected chi connectivity index (χ0v) is 16.9. The minimum Gasteiger partial charge on any atom is -0.506 e. The summed E-state index contributed by atoms with van der Waals surface area (Å²) in [5, 5.41) is 17.6. The maximum atomic E-state index is 12.1. The predicted octanol–water partition coefficient (Wildman–Crippen LogP) is 5.25. The van der Waals surface area contributed by atoms with E-state index in [4.69, 9.17) is 4.74 Å². The molecule has 0 spiro atoms. The predicted molar refractivity (Wildman–Crippen MR) is 99.8 cm³/mol. The van der Waals surface area contributed by atoms with Gasteiger partial charge in [-0.3, -0.25) is 0 Å². The highest BCUT2D eigenvalue weighted by Gasteiger charge is 2.30. The van der Waals surface area contributed by atoms with Gasteiger partial charge in [-0.15, -0.1) is 18.3 Å². The number of alkyl halides is 3. The van der Waals surface area contributed by atoms with Crippen LogP contribution >= 0.6 is 31.9 Å². The van der Waals surface area contributed by atoms with Crippen LogP contribution in [0.2, 0.25) is 0 Å². The van der Waals surface area contributed by atoms with Gasteiger partial charge in [0.15, 0.2) is 0 Å². The average molecular weight is 521 g/mol. The molecule has 3 aromatic rings. The average Bonchev–Trinajstić information content (AvgIpc) is 2.64. The molecular formula is C17H10Br2F3N3O3. The first-order chi connectivity index (χ1) is 13.2. The van der Waals surface area contributed by atoms with Gasteiger partial charge in [-0.25, -0.2) is 4.98 Å². The standard InChI is InChI=1S/C17H10Br2F3N3O3/c18-12-5-10(6-13(19)15(12)26)14-7-23-16(25-24-14)27-8-9-1-3-11(4-2-9)28-17(20,21)22/h1-7,26H,8H2. The Morgan fingerprint density at radius 3 is 2.18 bits per heavy atom. The Morgan fingerprint density at radius 2 is 1.64 bits per heavy atom. The number of hydrogen-bond donors (Lipinski definition) is 1. The Kier molecular flexibility index (Phi) is 6.04. The minimum absolute atomic E-state index is 0.0104. The van der Waals surface area contributed by atoms with E-state index in [0.717, 1.165) is 0 Å². The number of aromatic hydroxyl groups is 1. The van der Waals surface area contributed by atoms with Gasteiger partial charge in [-0.2, -0.15) is 0 Å². The summed E-state index contributed by atoms with van der Waals surface area (Å²) in [6.45, 7) is 0.0453. The maximum absolute atomic E-state index is 12.1. The molecule has 0 saturated carbocycles. The van der Waals surface area contributed by atoms with Crippen molar-refractivity contribution in [1.29, 1.82) is 0 Å². The molecule has 0 fully saturated rings. The first-order valence-electron chi connectivity index (χ1n) is 7.57. The van der Waals surface area contributed by atoms with Gasteiger partial charge in [-0.1, -0.05) is 17.2 Å². The molecule has 0 radical (unpaired) electrons. The summed E-state index contributed by atoms with van der Waals surface area (Å²) in [7, 11) is 0. The first-order valence-corrected chi connectivity index (χ1v) is 9.15. The number of rotatable bonds is 5. The van der Waals surface area contributed by atoms with Crippen LogP contribution in [0.15, 0.2) is 51.5 Å². The van der Waals surface area contributed by atoms with Gasteiger partial charge in [0, 0.05) is 5.56 Å². The van der Waals surface area contributed by atoms with E-state index in [1.165, 1.54) is 30.5 Å². The normalized spacial score (nSPS) is 11.3. The molecular weight excluding hydrogens is 511 g/mol. The fraction of sp³-hybridized carbons (Fsp3) is 0.118. The van der Waals surface area contributed by atoms with Crippen LogP contribution < -0.4 is 9.47 Å². The van der Waals surface area contributed by atoms with Crippen LogP contribution in [0.5, 0.6) is 17.5 Å². The Balaban J connectivity index is 1.63. The van der Waals surface area contributed by atoms with Gasteiger partial charge in [-0.05, 0) is 61.7 Å². The summed E-state index contributed by atoms with van der Waals surface area (Å²) in [6.07, 6.45) is -3.28. The van der Waals surface area contributed by atoms with Crippen LogP contribution in [-0.4, -0.2) is 26.7 Å². The minimum atomic E-state index is -4.73. The Morgan fingerprint density at radius 1 is 1.00 bits per heavy atom. The van der Waals surface area contributed by atoms with Crippen molar-refractivity contribution < 1.29 is 27.8 Å². The molecule has 0 amide bonds. The lowest BCUT2D eigenvalue weighted by Gasteiger charge is -2.09. The zero-order valence-electron chi connectivity index (χ0n) is 13.7. The smallest absolute Gasteiger partial charge is 0.506 e. The van der Waals surface area contributed by atoms with Gasteiger partial charge in [0.25, 0.3) is 0 Å². The molecule has 28 heavy (non-hydrogen) atoms. The summed E-state index contributed by atoms with van der Waals surface area (Å²) in [6, 6.07) is 8.59. The van der Waals surface area contributed by atoms with Gasteiger partial charge in [0.05, 0.1) is 15.1 Å². The van der Waals surface area contributed by atoms with E-state index < -0.39 is 6.36 Å².